The summed E-state index contributed by atoms with van der Waals surface area (Å²) in [6.07, 6.45) is 3.62. The van der Waals surface area contributed by atoms with Gasteiger partial charge in [-0.3, -0.25) is 14.4 Å². The molecule has 0 radical (unpaired) electrons. The number of ketones is 2. The van der Waals surface area contributed by atoms with Crippen molar-refractivity contribution < 1.29 is 29.2 Å². The van der Waals surface area contributed by atoms with E-state index in [1.807, 2.05) is 13.8 Å². The molecule has 30 heavy (non-hydrogen) atoms. The highest BCUT2D eigenvalue weighted by Gasteiger charge is 2.38. The molecule has 0 saturated carbocycles. The van der Waals surface area contributed by atoms with Crippen LogP contribution in [-0.4, -0.2) is 36.0 Å². The second-order valence-electron chi connectivity index (χ2n) is 7.47. The molecule has 1 aliphatic carbocycles. The van der Waals surface area contributed by atoms with Crippen LogP contribution in [0.1, 0.15) is 80.6 Å². The van der Waals surface area contributed by atoms with E-state index in [4.69, 9.17) is 15.8 Å². The first-order valence-electron chi connectivity index (χ1n) is 10.3. The third-order valence-corrected chi connectivity index (χ3v) is 4.87. The first-order valence-corrected chi connectivity index (χ1v) is 10.3. The Hall–Kier alpha value is -1.87. The minimum Gasteiger partial charge on any atom is -0.466 e. The van der Waals surface area contributed by atoms with Crippen molar-refractivity contribution in [3.05, 3.63) is 22.3 Å². The van der Waals surface area contributed by atoms with Gasteiger partial charge >= 0.3 is 5.97 Å². The van der Waals surface area contributed by atoms with Gasteiger partial charge in [0.2, 0.25) is 0 Å². The van der Waals surface area contributed by atoms with Gasteiger partial charge in [0.05, 0.1) is 19.6 Å². The van der Waals surface area contributed by atoms with Crippen molar-refractivity contribution in [2.75, 3.05) is 13.2 Å². The number of unbranched alkanes of at least 4 members (excludes halogenated alkanes) is 3. The summed E-state index contributed by atoms with van der Waals surface area (Å²) in [5, 5.41) is 6.50. The molecule has 0 aromatic rings. The molecule has 0 aliphatic heterocycles. The standard InChI is InChI=1S/C20H31NO5.C2H6.H3NO/c1-13-14(2)19(24)17(15(3)18(13)23)20(4,5)12-16(22)25-10-8-6-7-9-11-26-21;2*1-2/h6-12,21H2,1-5H3;1-2H3;2H,1H2. The number of Topliss-reactive ketones (excluding diaryl/α,β-unsaturated/α-hetero) is 2. The molecule has 1 aliphatic rings. The topological polar surface area (TPSA) is 142 Å². The second-order valence-corrected chi connectivity index (χ2v) is 7.47. The van der Waals surface area contributed by atoms with Gasteiger partial charge in [-0.05, 0) is 40.0 Å². The molecule has 0 fully saturated rings. The van der Waals surface area contributed by atoms with Crippen molar-refractivity contribution in [1.82, 2.24) is 0 Å². The molecule has 0 spiro atoms. The molecule has 0 heterocycles. The minimum absolute atomic E-state index is 0.0615. The quantitative estimate of drug-likeness (QED) is 0.207. The summed E-state index contributed by atoms with van der Waals surface area (Å²) in [6, 6.07) is 0. The van der Waals surface area contributed by atoms with E-state index in [0.29, 0.717) is 35.5 Å². The van der Waals surface area contributed by atoms with Crippen molar-refractivity contribution in [3.8, 4) is 0 Å². The molecule has 0 amide bonds. The number of ether oxygens (including phenoxy) is 1. The van der Waals surface area contributed by atoms with Gasteiger partial charge < -0.3 is 14.8 Å². The maximum Gasteiger partial charge on any atom is 0.306 e. The van der Waals surface area contributed by atoms with Gasteiger partial charge in [0.1, 0.15) is 0 Å². The van der Waals surface area contributed by atoms with Gasteiger partial charge in [-0.1, -0.05) is 34.1 Å². The number of carbonyl (C=O) groups is 3. The molecule has 5 N–H and O–H groups in total. The van der Waals surface area contributed by atoms with Gasteiger partial charge in [0.25, 0.3) is 0 Å². The molecular weight excluding hydrogens is 388 g/mol. The fourth-order valence-electron chi connectivity index (χ4n) is 3.24. The maximum absolute atomic E-state index is 12.7. The summed E-state index contributed by atoms with van der Waals surface area (Å²) in [7, 11) is 0. The van der Waals surface area contributed by atoms with Crippen LogP contribution in [0.4, 0.5) is 0 Å². The highest BCUT2D eigenvalue weighted by atomic mass is 16.6. The monoisotopic (exact) mass is 428 g/mol. The Morgan fingerprint density at radius 2 is 1.33 bits per heavy atom. The lowest BCUT2D eigenvalue weighted by Gasteiger charge is -2.31. The van der Waals surface area contributed by atoms with Crippen LogP contribution < -0.4 is 11.8 Å². The highest BCUT2D eigenvalue weighted by Crippen LogP contribution is 2.38. The predicted molar refractivity (Wildman–Crippen MR) is 116 cm³/mol. The second kappa shape index (κ2) is 15.9. The van der Waals surface area contributed by atoms with E-state index in [1.165, 1.54) is 0 Å². The minimum atomic E-state index is -0.756. The fourth-order valence-corrected chi connectivity index (χ4v) is 3.24. The van der Waals surface area contributed by atoms with Gasteiger partial charge in [0.15, 0.2) is 11.6 Å². The van der Waals surface area contributed by atoms with Crippen LogP contribution in [-0.2, 0) is 24.0 Å². The lowest BCUT2D eigenvalue weighted by molar-refractivity contribution is -0.145. The summed E-state index contributed by atoms with van der Waals surface area (Å²) in [6.45, 7) is 13.5. The predicted octanol–water partition coefficient (Wildman–Crippen LogP) is 3.56. The molecule has 0 aromatic heterocycles. The number of carbonyl (C=O) groups excluding carboxylic acids is 3. The molecule has 8 nitrogen and oxygen atoms in total. The van der Waals surface area contributed by atoms with Gasteiger partial charge in [0, 0.05) is 27.7 Å². The normalized spacial score (nSPS) is 14.1. The van der Waals surface area contributed by atoms with E-state index < -0.39 is 5.41 Å². The van der Waals surface area contributed by atoms with E-state index in [0.717, 1.165) is 25.7 Å². The Morgan fingerprint density at radius 3 is 1.83 bits per heavy atom. The van der Waals surface area contributed by atoms with Crippen molar-refractivity contribution in [3.63, 3.8) is 0 Å². The Balaban J connectivity index is 0. The zero-order valence-electron chi connectivity index (χ0n) is 19.6. The molecule has 0 saturated heterocycles. The average Bonchev–Trinajstić information content (AvgIpc) is 2.72. The summed E-state index contributed by atoms with van der Waals surface area (Å²) in [5.41, 5.74) is 1.03. The molecule has 0 atom stereocenters. The van der Waals surface area contributed by atoms with Crippen LogP contribution in [0.5, 0.6) is 0 Å². The van der Waals surface area contributed by atoms with Crippen LogP contribution >= 0.6 is 0 Å². The Bertz CT molecular complexity index is 636. The van der Waals surface area contributed by atoms with Gasteiger partial charge in [-0.25, -0.2) is 11.8 Å². The lowest BCUT2D eigenvalue weighted by Crippen LogP contribution is -2.32. The van der Waals surface area contributed by atoms with Crippen LogP contribution in [0.15, 0.2) is 22.3 Å². The third kappa shape index (κ3) is 9.30. The smallest absolute Gasteiger partial charge is 0.306 e. The van der Waals surface area contributed by atoms with Crippen LogP contribution in [0.2, 0.25) is 0 Å². The van der Waals surface area contributed by atoms with Crippen molar-refractivity contribution in [2.24, 2.45) is 17.2 Å². The summed E-state index contributed by atoms with van der Waals surface area (Å²) < 4.78 is 5.29. The number of hydrogen-bond acceptors (Lipinski definition) is 8. The highest BCUT2D eigenvalue weighted by molar-refractivity contribution is 6.25. The van der Waals surface area contributed by atoms with E-state index in [9.17, 15) is 14.4 Å². The van der Waals surface area contributed by atoms with Gasteiger partial charge in [-0.2, -0.15) is 0 Å². The van der Waals surface area contributed by atoms with E-state index >= 15 is 0 Å². The lowest BCUT2D eigenvalue weighted by atomic mass is 9.71. The number of allylic oxidation sites excluding steroid dienone is 4. The molecule has 174 valence electrons. The van der Waals surface area contributed by atoms with Crippen LogP contribution in [0.3, 0.4) is 0 Å². The largest absolute Gasteiger partial charge is 0.466 e. The molecule has 0 aromatic carbocycles. The first kappa shape index (κ1) is 30.3. The summed E-state index contributed by atoms with van der Waals surface area (Å²) in [5.74, 6) is 7.82. The molecule has 0 unspecified atom stereocenters. The van der Waals surface area contributed by atoms with E-state index in [-0.39, 0.29) is 24.0 Å². The zero-order valence-corrected chi connectivity index (χ0v) is 19.6. The third-order valence-electron chi connectivity index (χ3n) is 4.87. The van der Waals surface area contributed by atoms with E-state index in [1.54, 1.807) is 34.6 Å². The average molecular weight is 429 g/mol. The summed E-state index contributed by atoms with van der Waals surface area (Å²) >= 11 is 0. The van der Waals surface area contributed by atoms with Crippen molar-refractivity contribution >= 4 is 17.5 Å². The Labute approximate surface area is 180 Å². The number of nitrogens with two attached hydrogens (primary N) is 2. The van der Waals surface area contributed by atoms with Crippen molar-refractivity contribution in [2.45, 2.75) is 80.6 Å². The van der Waals surface area contributed by atoms with Gasteiger partial charge in [-0.15, -0.1) is 0 Å². The Morgan fingerprint density at radius 1 is 0.867 bits per heavy atom. The first-order chi connectivity index (χ1) is 14.1. The zero-order chi connectivity index (χ0) is 23.9. The maximum atomic E-state index is 12.7. The fraction of sp³-hybridized carbons (Fsp3) is 0.682. The van der Waals surface area contributed by atoms with Crippen LogP contribution in [0, 0.1) is 5.41 Å². The summed E-state index contributed by atoms with van der Waals surface area (Å²) in [4.78, 5) is 41.7. The molecule has 8 heteroatoms. The Kier molecular flexibility index (Phi) is 16.1. The molecule has 0 bridgehead atoms. The molecular formula is C22H40N2O6. The SMILES string of the molecule is CC.CC1=C(C)C(=O)C(C(C)(C)CC(=O)OCCCCCCON)=C(C)C1=O.NO. The number of esters is 1. The molecule has 1 rings (SSSR count). The number of hydrogen-bond donors (Lipinski definition) is 3. The van der Waals surface area contributed by atoms with E-state index in [2.05, 4.69) is 10.7 Å². The van der Waals surface area contributed by atoms with Crippen LogP contribution in [0.25, 0.3) is 0 Å². The number of rotatable bonds is 10. The van der Waals surface area contributed by atoms with Crippen molar-refractivity contribution in [1.29, 1.82) is 0 Å².